The number of nitrogens with one attached hydrogen (secondary N) is 7. The van der Waals surface area contributed by atoms with Gasteiger partial charge in [-0.15, -0.1) is 0 Å². The van der Waals surface area contributed by atoms with Crippen LogP contribution in [0.1, 0.15) is 26.3 Å². The Morgan fingerprint density at radius 1 is 0.652 bits per heavy atom. The van der Waals surface area contributed by atoms with E-state index >= 15 is 0 Å². The molecule has 7 amide bonds. The first-order valence-corrected chi connectivity index (χ1v) is 13.9. The maximum atomic E-state index is 12.6. The minimum absolute atomic E-state index is 0.0343. The zero-order valence-corrected chi connectivity index (χ0v) is 25.4. The molecule has 5 atom stereocenters. The Morgan fingerprint density at radius 2 is 1.09 bits per heavy atom. The fourth-order valence-corrected chi connectivity index (χ4v) is 3.55. The second-order valence-electron chi connectivity index (χ2n) is 10.0. The van der Waals surface area contributed by atoms with Gasteiger partial charge >= 0.3 is 5.97 Å². The molecule has 1 rings (SSSR count). The summed E-state index contributed by atoms with van der Waals surface area (Å²) < 4.78 is 0. The van der Waals surface area contributed by atoms with E-state index in [1.165, 1.54) is 45.0 Å². The van der Waals surface area contributed by atoms with Crippen LogP contribution in [-0.2, 0) is 44.8 Å². The van der Waals surface area contributed by atoms with Gasteiger partial charge in [-0.25, -0.2) is 4.79 Å². The number of carboxylic acid groups (broad SMARTS) is 1. The van der Waals surface area contributed by atoms with E-state index in [2.05, 4.69) is 37.2 Å². The van der Waals surface area contributed by atoms with Crippen LogP contribution >= 0.6 is 0 Å². The molecule has 19 heteroatoms. The molecule has 0 fully saturated rings. The first-order chi connectivity index (χ1) is 21.6. The lowest BCUT2D eigenvalue weighted by Gasteiger charge is -2.22. The monoisotopic (exact) mass is 652 g/mol. The average Bonchev–Trinajstić information content (AvgIpc) is 3.01. The van der Waals surface area contributed by atoms with E-state index in [1.807, 2.05) is 0 Å². The highest BCUT2D eigenvalue weighted by Crippen LogP contribution is 2.11. The minimum atomic E-state index is -1.56. The van der Waals surface area contributed by atoms with Gasteiger partial charge in [-0.1, -0.05) is 12.1 Å². The van der Waals surface area contributed by atoms with Gasteiger partial charge in [-0.2, -0.15) is 0 Å². The standard InChI is InChI=1S/C27H40N8O11/c1-13(31-20(38)9-28)23(41)29-10-21(39)32-14(2)24(42)30-11-22(40)33-15(3)25(43)35-19(12-36)26(44)34-18(27(45)46)8-16-4-6-17(37)7-5-16/h4-7,13-15,18-19,36-37H,8-12,28H2,1-3H3,(H,29,41)(H,30,42)(H,31,38)(H,32,39)(H,33,40)(H,34,44)(H,35,43)(H,45,46)/t13-,14-,15-,18-,19-/m0/s1. The van der Waals surface area contributed by atoms with E-state index in [9.17, 15) is 53.7 Å². The van der Waals surface area contributed by atoms with Crippen molar-refractivity contribution in [3.8, 4) is 5.75 Å². The predicted octanol–water partition coefficient (Wildman–Crippen LogP) is -5.31. The Morgan fingerprint density at radius 3 is 1.52 bits per heavy atom. The Bertz CT molecular complexity index is 1270. The Hall–Kier alpha value is -5.30. The van der Waals surface area contributed by atoms with Gasteiger partial charge in [0.05, 0.1) is 26.2 Å². The number of aliphatic hydroxyl groups excluding tert-OH is 1. The minimum Gasteiger partial charge on any atom is -0.508 e. The lowest BCUT2D eigenvalue weighted by Crippen LogP contribution is -2.57. The summed E-state index contributed by atoms with van der Waals surface area (Å²) in [6.07, 6.45) is -0.153. The van der Waals surface area contributed by atoms with Crippen LogP contribution in [-0.4, -0.2) is 119 Å². The molecular formula is C27H40N8O11. The highest BCUT2D eigenvalue weighted by atomic mass is 16.4. The largest absolute Gasteiger partial charge is 0.508 e. The molecule has 1 aromatic carbocycles. The molecule has 0 radical (unpaired) electrons. The highest BCUT2D eigenvalue weighted by Gasteiger charge is 2.28. The molecule has 0 aliphatic rings. The fraction of sp³-hybridized carbons (Fsp3) is 0.481. The third kappa shape index (κ3) is 14.0. The van der Waals surface area contributed by atoms with Crippen molar-refractivity contribution in [3.05, 3.63) is 29.8 Å². The number of carboxylic acids is 1. The number of rotatable bonds is 18. The summed E-state index contributed by atoms with van der Waals surface area (Å²) >= 11 is 0. The third-order valence-corrected chi connectivity index (χ3v) is 6.15. The zero-order valence-electron chi connectivity index (χ0n) is 25.4. The molecule has 254 valence electrons. The van der Waals surface area contributed by atoms with Gasteiger partial charge in [0.15, 0.2) is 0 Å². The number of aromatic hydroxyl groups is 1. The van der Waals surface area contributed by atoms with Crippen molar-refractivity contribution in [2.45, 2.75) is 57.4 Å². The van der Waals surface area contributed by atoms with E-state index in [-0.39, 0.29) is 18.7 Å². The van der Waals surface area contributed by atoms with Crippen LogP contribution in [0.15, 0.2) is 24.3 Å². The van der Waals surface area contributed by atoms with E-state index in [1.54, 1.807) is 0 Å². The van der Waals surface area contributed by atoms with Crippen LogP contribution in [0.5, 0.6) is 5.75 Å². The molecule has 0 bridgehead atoms. The number of amides is 7. The van der Waals surface area contributed by atoms with Crippen LogP contribution in [0, 0.1) is 0 Å². The van der Waals surface area contributed by atoms with Crippen LogP contribution in [0.3, 0.4) is 0 Å². The number of phenols is 1. The van der Waals surface area contributed by atoms with Crippen molar-refractivity contribution in [1.29, 1.82) is 0 Å². The van der Waals surface area contributed by atoms with Crippen molar-refractivity contribution < 1.29 is 53.7 Å². The van der Waals surface area contributed by atoms with Gasteiger partial charge in [0.1, 0.15) is 36.0 Å². The smallest absolute Gasteiger partial charge is 0.326 e. The SMILES string of the molecule is C[C@H](NC(=O)CN)C(=O)NCC(=O)N[C@@H](C)C(=O)NCC(=O)N[C@@H](C)C(=O)N[C@@H](CO)C(=O)N[C@@H](Cc1ccc(O)cc1)C(=O)O. The summed E-state index contributed by atoms with van der Waals surface area (Å²) in [5.41, 5.74) is 5.64. The molecule has 0 saturated carbocycles. The summed E-state index contributed by atoms with van der Waals surface area (Å²) in [6, 6.07) is -0.703. The molecule has 0 saturated heterocycles. The number of phenolic OH excluding ortho intramolecular Hbond substituents is 1. The predicted molar refractivity (Wildman–Crippen MR) is 158 cm³/mol. The molecule has 0 aliphatic carbocycles. The van der Waals surface area contributed by atoms with E-state index in [0.717, 1.165) is 0 Å². The Balaban J connectivity index is 2.51. The number of benzene rings is 1. The average molecular weight is 653 g/mol. The van der Waals surface area contributed by atoms with Gasteiger partial charge < -0.3 is 58.3 Å². The van der Waals surface area contributed by atoms with Crippen LogP contribution in [0.4, 0.5) is 0 Å². The Labute approximate surface area is 263 Å². The maximum Gasteiger partial charge on any atom is 0.326 e. The summed E-state index contributed by atoms with van der Waals surface area (Å²) in [7, 11) is 0. The lowest BCUT2D eigenvalue weighted by molar-refractivity contribution is -0.142. The van der Waals surface area contributed by atoms with Crippen LogP contribution in [0.2, 0.25) is 0 Å². The van der Waals surface area contributed by atoms with Gasteiger partial charge in [-0.05, 0) is 38.5 Å². The number of hydrogen-bond donors (Lipinski definition) is 11. The van der Waals surface area contributed by atoms with Crippen molar-refractivity contribution in [2.24, 2.45) is 5.73 Å². The summed E-state index contributed by atoms with van der Waals surface area (Å²) in [5, 5.41) is 44.3. The molecular weight excluding hydrogens is 612 g/mol. The third-order valence-electron chi connectivity index (χ3n) is 6.15. The second kappa shape index (κ2) is 19.2. The molecule has 0 aromatic heterocycles. The van der Waals surface area contributed by atoms with Gasteiger partial charge in [0.2, 0.25) is 41.4 Å². The first-order valence-electron chi connectivity index (χ1n) is 13.9. The van der Waals surface area contributed by atoms with Gasteiger partial charge in [-0.3, -0.25) is 33.6 Å². The van der Waals surface area contributed by atoms with Crippen molar-refractivity contribution >= 4 is 47.3 Å². The fourth-order valence-electron chi connectivity index (χ4n) is 3.55. The molecule has 19 nitrogen and oxygen atoms in total. The number of carbonyl (C=O) groups is 8. The van der Waals surface area contributed by atoms with Gasteiger partial charge in [0, 0.05) is 6.42 Å². The Kier molecular flexibility index (Phi) is 16.1. The van der Waals surface area contributed by atoms with Gasteiger partial charge in [0.25, 0.3) is 0 Å². The number of aliphatic hydroxyl groups is 1. The number of carbonyl (C=O) groups excluding carboxylic acids is 7. The number of nitrogens with two attached hydrogens (primary N) is 1. The van der Waals surface area contributed by atoms with Crippen LogP contribution < -0.4 is 43.0 Å². The number of aliphatic carboxylic acids is 1. The summed E-state index contributed by atoms with van der Waals surface area (Å²) in [5.74, 6) is -6.88. The first kappa shape index (κ1) is 38.7. The topological polar surface area (TPSA) is 307 Å². The quantitative estimate of drug-likeness (QED) is 0.0709. The van der Waals surface area contributed by atoms with Crippen molar-refractivity contribution in [1.82, 2.24) is 37.2 Å². The van der Waals surface area contributed by atoms with E-state index < -0.39 is 97.2 Å². The molecule has 0 unspecified atom stereocenters. The molecule has 46 heavy (non-hydrogen) atoms. The number of hydrogen-bond acceptors (Lipinski definition) is 11. The summed E-state index contributed by atoms with van der Waals surface area (Å²) in [4.78, 5) is 96.5. The van der Waals surface area contributed by atoms with Crippen LogP contribution in [0.25, 0.3) is 0 Å². The molecule has 0 spiro atoms. The van der Waals surface area contributed by atoms with E-state index in [4.69, 9.17) is 5.73 Å². The normalized spacial score (nSPS) is 13.8. The molecule has 12 N–H and O–H groups in total. The van der Waals surface area contributed by atoms with E-state index in [0.29, 0.717) is 5.56 Å². The second-order valence-corrected chi connectivity index (χ2v) is 10.0. The molecule has 1 aromatic rings. The highest BCUT2D eigenvalue weighted by molar-refractivity contribution is 5.95. The lowest BCUT2D eigenvalue weighted by atomic mass is 10.1. The summed E-state index contributed by atoms with van der Waals surface area (Å²) in [6.45, 7) is 1.63. The van der Waals surface area contributed by atoms with Crippen molar-refractivity contribution in [2.75, 3.05) is 26.2 Å². The molecule has 0 aliphatic heterocycles. The van der Waals surface area contributed by atoms with Crippen molar-refractivity contribution in [3.63, 3.8) is 0 Å². The molecule has 0 heterocycles. The maximum absolute atomic E-state index is 12.6. The zero-order chi connectivity index (χ0) is 35.0.